The molecule has 0 bridgehead atoms. The van der Waals surface area contributed by atoms with Crippen molar-refractivity contribution >= 4 is 46.9 Å². The lowest BCUT2D eigenvalue weighted by Gasteiger charge is -2.34. The van der Waals surface area contributed by atoms with Crippen molar-refractivity contribution in [1.29, 1.82) is 0 Å². The molecule has 0 aliphatic carbocycles. The molecule has 0 aromatic heterocycles. The van der Waals surface area contributed by atoms with Gasteiger partial charge in [-0.2, -0.15) is 0 Å². The van der Waals surface area contributed by atoms with Crippen molar-refractivity contribution in [3.05, 3.63) is 107 Å². The molecule has 0 saturated carbocycles. The average Bonchev–Trinajstić information content (AvgIpc) is 3.47. The van der Waals surface area contributed by atoms with Gasteiger partial charge in [0, 0.05) is 56.5 Å². The third-order valence-corrected chi connectivity index (χ3v) is 9.43. The number of methoxy groups -OCH3 is 2. The summed E-state index contributed by atoms with van der Waals surface area (Å²) in [5, 5.41) is 3.13. The number of carbonyl (C=O) groups excluding carboxylic acids is 2. The summed E-state index contributed by atoms with van der Waals surface area (Å²) in [7, 11) is 4.86. The summed E-state index contributed by atoms with van der Waals surface area (Å²) in [6.07, 6.45) is 6.81. The maximum absolute atomic E-state index is 13.8. The van der Waals surface area contributed by atoms with Crippen LogP contribution in [0.25, 0.3) is 5.57 Å². The smallest absolute Gasteiger partial charge is 0.260 e. The number of nitrogens with zero attached hydrogens (tertiary/aromatic N) is 4. The lowest BCUT2D eigenvalue weighted by atomic mass is 9.94. The lowest BCUT2D eigenvalue weighted by Crippen LogP contribution is -2.44. The van der Waals surface area contributed by atoms with Crippen LogP contribution in [-0.4, -0.2) is 67.4 Å². The van der Waals surface area contributed by atoms with E-state index in [1.54, 1.807) is 35.4 Å². The van der Waals surface area contributed by atoms with Gasteiger partial charge >= 0.3 is 0 Å². The second kappa shape index (κ2) is 12.2. The zero-order chi connectivity index (χ0) is 33.6. The molecule has 11 heteroatoms. The van der Waals surface area contributed by atoms with Gasteiger partial charge in [0.1, 0.15) is 0 Å². The Balaban J connectivity index is 1.05. The van der Waals surface area contributed by atoms with Gasteiger partial charge in [0.05, 0.1) is 48.8 Å². The van der Waals surface area contributed by atoms with E-state index in [0.29, 0.717) is 47.6 Å². The van der Waals surface area contributed by atoms with Gasteiger partial charge in [0.25, 0.3) is 11.8 Å². The monoisotopic (exact) mass is 655 g/mol. The molecule has 4 aliphatic rings. The minimum absolute atomic E-state index is 0.137. The quantitative estimate of drug-likeness (QED) is 0.182. The molecule has 0 fully saturated rings. The van der Waals surface area contributed by atoms with E-state index in [1.807, 2.05) is 60.8 Å². The topological polar surface area (TPSA) is 114 Å². The van der Waals surface area contributed by atoms with Gasteiger partial charge < -0.3 is 24.6 Å². The summed E-state index contributed by atoms with van der Waals surface area (Å²) in [6.45, 7) is 0.499. The molecule has 246 valence electrons. The predicted octanol–water partition coefficient (Wildman–Crippen LogP) is 6.37. The van der Waals surface area contributed by atoms with Gasteiger partial charge in [0.2, 0.25) is 11.5 Å². The van der Waals surface area contributed by atoms with Crippen LogP contribution >= 0.6 is 0 Å². The highest BCUT2D eigenvalue weighted by molar-refractivity contribution is 6.06. The fraction of sp³-hybridized carbons (Fsp3) is 0.211. The maximum atomic E-state index is 13.8. The third-order valence-electron chi connectivity index (χ3n) is 9.43. The summed E-state index contributed by atoms with van der Waals surface area (Å²) >= 11 is 0. The second-order valence-electron chi connectivity index (χ2n) is 12.2. The Labute approximate surface area is 283 Å². The minimum atomic E-state index is -0.230. The zero-order valence-electron chi connectivity index (χ0n) is 27.2. The second-order valence-corrected chi connectivity index (χ2v) is 12.2. The highest BCUT2D eigenvalue weighted by atomic mass is 17.2. The highest BCUT2D eigenvalue weighted by Crippen LogP contribution is 2.42. The summed E-state index contributed by atoms with van der Waals surface area (Å²) in [5.74, 6) is 0.669. The van der Waals surface area contributed by atoms with E-state index in [4.69, 9.17) is 19.2 Å². The van der Waals surface area contributed by atoms with Crippen LogP contribution in [0.15, 0.2) is 89.0 Å². The van der Waals surface area contributed by atoms with Crippen molar-refractivity contribution in [2.45, 2.75) is 31.5 Å². The zero-order valence-corrected chi connectivity index (χ0v) is 27.2. The molecule has 8 rings (SSSR count). The summed E-state index contributed by atoms with van der Waals surface area (Å²) in [4.78, 5) is 52.1. The average molecular weight is 656 g/mol. The van der Waals surface area contributed by atoms with E-state index in [-0.39, 0.29) is 41.1 Å². The Morgan fingerprint density at radius 1 is 0.714 bits per heavy atom. The number of fused-ring (bicyclic) bond motifs is 5. The van der Waals surface area contributed by atoms with Crippen LogP contribution in [0, 0.1) is 0 Å². The van der Waals surface area contributed by atoms with Gasteiger partial charge in [0.15, 0.2) is 11.5 Å². The van der Waals surface area contributed by atoms with Crippen molar-refractivity contribution in [3.8, 4) is 23.0 Å². The maximum Gasteiger partial charge on any atom is 0.260 e. The largest absolute Gasteiger partial charge is 0.493 e. The molecule has 4 aromatic rings. The van der Waals surface area contributed by atoms with Crippen molar-refractivity contribution in [2.75, 3.05) is 26.6 Å². The standard InChI is InChI=1S/C38H33N5O6/c1-39-26-10-8-22(9-11-26)25-13-28-19-41-32-17-36(34(47-3)15-30(32)38(45)43(28)21-25)49-48-35-16-31-29(14-33(35)46-2)37(44)42-20-24-7-5-4-6-23(24)12-27(42)18-40-31/h4-11,14-19,21,27-28,39H,12-13,20H2,1-3H3/t27-,28-/m0/s1. The molecule has 2 atom stereocenters. The van der Waals surface area contributed by atoms with Crippen molar-refractivity contribution < 1.29 is 28.8 Å². The molecule has 0 unspecified atom stereocenters. The van der Waals surface area contributed by atoms with Gasteiger partial charge in [-0.25, -0.2) is 0 Å². The van der Waals surface area contributed by atoms with Crippen molar-refractivity contribution in [3.63, 3.8) is 0 Å². The van der Waals surface area contributed by atoms with E-state index in [1.165, 1.54) is 19.8 Å². The first-order chi connectivity index (χ1) is 23.9. The molecule has 11 nitrogen and oxygen atoms in total. The molecule has 0 saturated heterocycles. The van der Waals surface area contributed by atoms with E-state index < -0.39 is 0 Å². The number of amides is 2. The summed E-state index contributed by atoms with van der Waals surface area (Å²) in [5.41, 5.74) is 7.11. The van der Waals surface area contributed by atoms with Crippen LogP contribution in [0.5, 0.6) is 23.0 Å². The summed E-state index contributed by atoms with van der Waals surface area (Å²) < 4.78 is 11.2. The normalized spacial score (nSPS) is 18.6. The molecule has 1 N–H and O–H groups in total. The Morgan fingerprint density at radius 2 is 1.33 bits per heavy atom. The van der Waals surface area contributed by atoms with Crippen LogP contribution in [0.3, 0.4) is 0 Å². The fourth-order valence-corrected chi connectivity index (χ4v) is 6.74. The number of hydrogen-bond acceptors (Lipinski definition) is 9. The van der Waals surface area contributed by atoms with Crippen LogP contribution in [-0.2, 0) is 13.0 Å². The van der Waals surface area contributed by atoms with E-state index in [9.17, 15) is 9.59 Å². The number of carbonyl (C=O) groups is 2. The molecule has 0 radical (unpaired) electrons. The number of aliphatic imine (C=N–C) groups is 2. The van der Waals surface area contributed by atoms with Gasteiger partial charge in [-0.05, 0) is 52.9 Å². The van der Waals surface area contributed by atoms with Crippen LogP contribution < -0.4 is 24.6 Å². The van der Waals surface area contributed by atoms with Crippen LogP contribution in [0.2, 0.25) is 0 Å². The van der Waals surface area contributed by atoms with Gasteiger partial charge in [-0.3, -0.25) is 29.3 Å². The number of nitrogens with one attached hydrogen (secondary N) is 1. The summed E-state index contributed by atoms with van der Waals surface area (Å²) in [6, 6.07) is 22.3. The first-order valence-corrected chi connectivity index (χ1v) is 16.0. The van der Waals surface area contributed by atoms with Gasteiger partial charge in [-0.1, -0.05) is 36.4 Å². The molecule has 4 aliphatic heterocycles. The number of ether oxygens (including phenoxy) is 2. The lowest BCUT2D eigenvalue weighted by molar-refractivity contribution is -0.103. The molecule has 2 amide bonds. The number of rotatable bonds is 7. The minimum Gasteiger partial charge on any atom is -0.493 e. The number of hydrogen-bond donors (Lipinski definition) is 1. The first-order valence-electron chi connectivity index (χ1n) is 16.0. The van der Waals surface area contributed by atoms with Crippen molar-refractivity contribution in [2.24, 2.45) is 9.98 Å². The number of benzene rings is 4. The third kappa shape index (κ3) is 5.33. The highest BCUT2D eigenvalue weighted by Gasteiger charge is 2.35. The van der Waals surface area contributed by atoms with E-state index >= 15 is 0 Å². The Hall–Kier alpha value is -6.10. The van der Waals surface area contributed by atoms with E-state index in [2.05, 4.69) is 27.4 Å². The number of anilines is 1. The first kappa shape index (κ1) is 30.2. The van der Waals surface area contributed by atoms with Gasteiger partial charge in [-0.15, -0.1) is 0 Å². The molecular formula is C38H33N5O6. The Morgan fingerprint density at radius 3 is 1.96 bits per heavy atom. The molecular weight excluding hydrogens is 622 g/mol. The molecule has 49 heavy (non-hydrogen) atoms. The van der Waals surface area contributed by atoms with Crippen LogP contribution in [0.4, 0.5) is 17.1 Å². The van der Waals surface area contributed by atoms with E-state index in [0.717, 1.165) is 22.4 Å². The Bertz CT molecular complexity index is 2090. The van der Waals surface area contributed by atoms with Crippen molar-refractivity contribution in [1.82, 2.24) is 9.80 Å². The fourth-order valence-electron chi connectivity index (χ4n) is 6.74. The predicted molar refractivity (Wildman–Crippen MR) is 186 cm³/mol. The molecule has 0 spiro atoms. The molecule has 4 aromatic carbocycles. The SMILES string of the molecule is CNc1ccc(C2=CN3C(=O)c4cc(OC)c(OOc5cc6c(cc5OC)C(=O)N5Cc7ccccc7C[C@H]5C=N6)cc4N=C[C@@H]3C2)cc1. The molecule has 4 heterocycles. The Kier molecular flexibility index (Phi) is 7.51. The van der Waals surface area contributed by atoms with Crippen LogP contribution in [0.1, 0.15) is 43.8 Å².